The molecule has 7 nitrogen and oxygen atoms in total. The molecule has 1 fully saturated rings. The van der Waals surface area contributed by atoms with E-state index >= 15 is 0 Å². The molecule has 1 saturated heterocycles. The van der Waals surface area contributed by atoms with Crippen molar-refractivity contribution in [1.29, 1.82) is 0 Å². The van der Waals surface area contributed by atoms with Crippen LogP contribution < -0.4 is 5.32 Å². The molecule has 0 saturated carbocycles. The third-order valence-electron chi connectivity index (χ3n) is 4.46. The number of hydrogen-bond acceptors (Lipinski definition) is 4. The minimum atomic E-state index is -0.0531. The zero-order valence-electron chi connectivity index (χ0n) is 14.2. The third-order valence-corrected chi connectivity index (χ3v) is 4.46. The Morgan fingerprint density at radius 2 is 2.08 bits per heavy atom. The Morgan fingerprint density at radius 1 is 1.29 bits per heavy atom. The second kappa shape index (κ2) is 7.44. The standard InChI is InChI=1S/C17H24N6O/c1-3-22-13-19-20-16(22)11-18-17(24)23-10-9-21(2)12-15(23)14-7-5-4-6-8-14/h4-8,13,15H,3,9-12H2,1-2H3,(H,18,24)/t15-/m1/s1. The molecule has 0 radical (unpaired) electrons. The van der Waals surface area contributed by atoms with Crippen LogP contribution in [0.4, 0.5) is 4.79 Å². The first-order valence-corrected chi connectivity index (χ1v) is 8.33. The molecule has 7 heteroatoms. The Bertz CT molecular complexity index is 671. The fourth-order valence-electron chi connectivity index (χ4n) is 3.06. The number of carbonyl (C=O) groups is 1. The number of urea groups is 1. The van der Waals surface area contributed by atoms with Crippen LogP contribution in [0, 0.1) is 0 Å². The van der Waals surface area contributed by atoms with Crippen LogP contribution in [0.25, 0.3) is 0 Å². The normalized spacial score (nSPS) is 18.6. The lowest BCUT2D eigenvalue weighted by atomic mass is 10.0. The number of nitrogens with zero attached hydrogens (tertiary/aromatic N) is 5. The summed E-state index contributed by atoms with van der Waals surface area (Å²) in [5.74, 6) is 0.774. The topological polar surface area (TPSA) is 66.3 Å². The molecule has 0 bridgehead atoms. The maximum absolute atomic E-state index is 12.7. The molecule has 1 aliphatic heterocycles. The molecule has 24 heavy (non-hydrogen) atoms. The van der Waals surface area contributed by atoms with Gasteiger partial charge in [0.1, 0.15) is 6.33 Å². The van der Waals surface area contributed by atoms with Gasteiger partial charge in [-0.3, -0.25) is 0 Å². The smallest absolute Gasteiger partial charge is 0.318 e. The molecule has 0 unspecified atom stereocenters. The van der Waals surface area contributed by atoms with Crippen LogP contribution in [0.3, 0.4) is 0 Å². The van der Waals surface area contributed by atoms with Gasteiger partial charge in [-0.25, -0.2) is 4.79 Å². The summed E-state index contributed by atoms with van der Waals surface area (Å²) in [5.41, 5.74) is 1.16. The molecule has 1 atom stereocenters. The Kier molecular flexibility index (Phi) is 5.10. The maximum atomic E-state index is 12.7. The van der Waals surface area contributed by atoms with Gasteiger partial charge in [0.2, 0.25) is 0 Å². The van der Waals surface area contributed by atoms with Crippen molar-refractivity contribution in [1.82, 2.24) is 29.9 Å². The van der Waals surface area contributed by atoms with Gasteiger partial charge in [0.25, 0.3) is 0 Å². The Labute approximate surface area is 142 Å². The van der Waals surface area contributed by atoms with Gasteiger partial charge in [-0.15, -0.1) is 10.2 Å². The zero-order chi connectivity index (χ0) is 16.9. The van der Waals surface area contributed by atoms with E-state index in [4.69, 9.17) is 0 Å². The number of hydrogen-bond donors (Lipinski definition) is 1. The number of carbonyl (C=O) groups excluding carboxylic acids is 1. The number of rotatable bonds is 4. The van der Waals surface area contributed by atoms with Crippen LogP contribution in [0.15, 0.2) is 36.7 Å². The summed E-state index contributed by atoms with van der Waals surface area (Å²) < 4.78 is 1.93. The van der Waals surface area contributed by atoms with E-state index in [2.05, 4.69) is 39.6 Å². The fraction of sp³-hybridized carbons (Fsp3) is 0.471. The van der Waals surface area contributed by atoms with Crippen molar-refractivity contribution in [3.63, 3.8) is 0 Å². The van der Waals surface area contributed by atoms with Crippen LogP contribution in [0.1, 0.15) is 24.4 Å². The quantitative estimate of drug-likeness (QED) is 0.923. The number of amides is 2. The fourth-order valence-corrected chi connectivity index (χ4v) is 3.06. The van der Waals surface area contributed by atoms with Crippen molar-refractivity contribution in [2.45, 2.75) is 26.1 Å². The third kappa shape index (κ3) is 3.56. The maximum Gasteiger partial charge on any atom is 0.318 e. The van der Waals surface area contributed by atoms with Crippen LogP contribution in [-0.4, -0.2) is 57.3 Å². The van der Waals surface area contributed by atoms with Gasteiger partial charge >= 0.3 is 6.03 Å². The molecule has 2 heterocycles. The molecule has 2 aromatic rings. The number of piperazine rings is 1. The van der Waals surface area contributed by atoms with E-state index in [9.17, 15) is 4.79 Å². The van der Waals surface area contributed by atoms with Crippen molar-refractivity contribution < 1.29 is 4.79 Å². The van der Waals surface area contributed by atoms with Crippen LogP contribution in [0.5, 0.6) is 0 Å². The number of aryl methyl sites for hydroxylation is 1. The van der Waals surface area contributed by atoms with E-state index in [1.54, 1.807) is 6.33 Å². The molecule has 1 aromatic heterocycles. The van der Waals surface area contributed by atoms with Gasteiger partial charge in [0.15, 0.2) is 5.82 Å². The Hall–Kier alpha value is -2.41. The van der Waals surface area contributed by atoms with E-state index in [1.807, 2.05) is 34.6 Å². The first kappa shape index (κ1) is 16.4. The highest BCUT2D eigenvalue weighted by Gasteiger charge is 2.30. The summed E-state index contributed by atoms with van der Waals surface area (Å²) in [5, 5.41) is 11.0. The van der Waals surface area contributed by atoms with Gasteiger partial charge in [-0.2, -0.15) is 0 Å². The molecule has 3 rings (SSSR count). The van der Waals surface area contributed by atoms with Crippen LogP contribution >= 0.6 is 0 Å². The second-order valence-corrected chi connectivity index (χ2v) is 6.07. The first-order valence-electron chi connectivity index (χ1n) is 8.33. The molecule has 0 aliphatic carbocycles. The van der Waals surface area contributed by atoms with Crippen molar-refractivity contribution >= 4 is 6.03 Å². The van der Waals surface area contributed by atoms with E-state index in [0.29, 0.717) is 13.1 Å². The molecular weight excluding hydrogens is 304 g/mol. The van der Waals surface area contributed by atoms with E-state index < -0.39 is 0 Å². The van der Waals surface area contributed by atoms with E-state index in [-0.39, 0.29) is 12.1 Å². The van der Waals surface area contributed by atoms with Crippen molar-refractivity contribution in [2.24, 2.45) is 0 Å². The Morgan fingerprint density at radius 3 is 2.83 bits per heavy atom. The van der Waals surface area contributed by atoms with Crippen LogP contribution in [-0.2, 0) is 13.1 Å². The predicted octanol–water partition coefficient (Wildman–Crippen LogP) is 1.50. The molecule has 0 spiro atoms. The van der Waals surface area contributed by atoms with Gasteiger partial charge < -0.3 is 19.7 Å². The highest BCUT2D eigenvalue weighted by molar-refractivity contribution is 5.74. The summed E-state index contributed by atoms with van der Waals surface area (Å²) in [4.78, 5) is 16.9. The summed E-state index contributed by atoms with van der Waals surface area (Å²) in [7, 11) is 2.09. The summed E-state index contributed by atoms with van der Waals surface area (Å²) in [6, 6.07) is 10.2. The highest BCUT2D eigenvalue weighted by Crippen LogP contribution is 2.24. The summed E-state index contributed by atoms with van der Waals surface area (Å²) in [6.45, 7) is 5.63. The average molecular weight is 328 g/mol. The monoisotopic (exact) mass is 328 g/mol. The highest BCUT2D eigenvalue weighted by atomic mass is 16.2. The van der Waals surface area contributed by atoms with E-state index in [0.717, 1.165) is 31.0 Å². The molecule has 2 amide bonds. The molecule has 1 aliphatic rings. The van der Waals surface area contributed by atoms with Gasteiger partial charge in [-0.1, -0.05) is 30.3 Å². The molecule has 1 aromatic carbocycles. The predicted molar refractivity (Wildman–Crippen MR) is 91.3 cm³/mol. The first-order chi connectivity index (χ1) is 11.7. The number of likely N-dealkylation sites (N-methyl/N-ethyl adjacent to an activating group) is 1. The lowest BCUT2D eigenvalue weighted by Gasteiger charge is -2.40. The molecule has 128 valence electrons. The van der Waals surface area contributed by atoms with Crippen LogP contribution in [0.2, 0.25) is 0 Å². The van der Waals surface area contributed by atoms with E-state index in [1.165, 1.54) is 0 Å². The Balaban J connectivity index is 1.69. The number of nitrogens with one attached hydrogen (secondary N) is 1. The van der Waals surface area contributed by atoms with Gasteiger partial charge in [0.05, 0.1) is 12.6 Å². The summed E-state index contributed by atoms with van der Waals surface area (Å²) in [6.07, 6.45) is 1.68. The van der Waals surface area contributed by atoms with Crippen molar-refractivity contribution in [2.75, 3.05) is 26.7 Å². The average Bonchev–Trinajstić information content (AvgIpc) is 3.08. The second-order valence-electron chi connectivity index (χ2n) is 6.07. The van der Waals surface area contributed by atoms with Gasteiger partial charge in [-0.05, 0) is 19.5 Å². The molecule has 1 N–H and O–H groups in total. The lowest BCUT2D eigenvalue weighted by Crippen LogP contribution is -2.52. The molecular formula is C17H24N6O. The minimum absolute atomic E-state index is 0.0531. The summed E-state index contributed by atoms with van der Waals surface area (Å²) >= 11 is 0. The lowest BCUT2D eigenvalue weighted by molar-refractivity contribution is 0.108. The van der Waals surface area contributed by atoms with Crippen molar-refractivity contribution in [3.05, 3.63) is 48.0 Å². The number of benzene rings is 1. The largest absolute Gasteiger partial charge is 0.331 e. The van der Waals surface area contributed by atoms with Gasteiger partial charge in [0, 0.05) is 26.2 Å². The van der Waals surface area contributed by atoms with Crippen molar-refractivity contribution in [3.8, 4) is 0 Å². The SMILES string of the molecule is CCn1cnnc1CNC(=O)N1CCN(C)C[C@@H]1c1ccccc1. The number of aromatic nitrogens is 3. The zero-order valence-corrected chi connectivity index (χ0v) is 14.2. The minimum Gasteiger partial charge on any atom is -0.331 e.